The minimum Gasteiger partial charge on any atom is -0.496 e. The Bertz CT molecular complexity index is 679. The van der Waals surface area contributed by atoms with Crippen molar-refractivity contribution in [3.8, 4) is 5.75 Å². The number of nitrogens with two attached hydrogens (primary N) is 1. The van der Waals surface area contributed by atoms with E-state index in [4.69, 9.17) is 15.2 Å². The maximum absolute atomic E-state index is 12.6. The first-order valence-corrected chi connectivity index (χ1v) is 6.37. The van der Waals surface area contributed by atoms with Crippen molar-refractivity contribution in [3.05, 3.63) is 58.7 Å². The Hall–Kier alpha value is -2.33. The summed E-state index contributed by atoms with van der Waals surface area (Å²) in [6, 6.07) is 10.8. The van der Waals surface area contributed by atoms with Crippen molar-refractivity contribution < 1.29 is 14.3 Å². The van der Waals surface area contributed by atoms with Crippen LogP contribution in [0.5, 0.6) is 5.75 Å². The van der Waals surface area contributed by atoms with Crippen molar-refractivity contribution >= 4 is 11.5 Å². The average molecular weight is 269 g/mol. The van der Waals surface area contributed by atoms with E-state index in [2.05, 4.69) is 0 Å². The van der Waals surface area contributed by atoms with Crippen molar-refractivity contribution in [1.82, 2.24) is 0 Å². The molecule has 3 rings (SSSR count). The summed E-state index contributed by atoms with van der Waals surface area (Å²) in [4.78, 5) is 12.6. The molecule has 4 nitrogen and oxygen atoms in total. The molecular weight excluding hydrogens is 254 g/mol. The number of rotatable bonds is 3. The lowest BCUT2D eigenvalue weighted by atomic mass is 9.97. The third kappa shape index (κ3) is 2.04. The molecule has 0 radical (unpaired) electrons. The lowest BCUT2D eigenvalue weighted by Crippen LogP contribution is -2.08. The van der Waals surface area contributed by atoms with Gasteiger partial charge in [-0.2, -0.15) is 0 Å². The zero-order chi connectivity index (χ0) is 14.1. The molecule has 2 aromatic rings. The van der Waals surface area contributed by atoms with Crippen LogP contribution in [0.3, 0.4) is 0 Å². The third-order valence-electron chi connectivity index (χ3n) is 3.49. The molecule has 0 amide bonds. The van der Waals surface area contributed by atoms with Crippen LogP contribution >= 0.6 is 0 Å². The van der Waals surface area contributed by atoms with Gasteiger partial charge in [-0.1, -0.05) is 18.2 Å². The summed E-state index contributed by atoms with van der Waals surface area (Å²) in [6.45, 7) is 1.17. The summed E-state index contributed by atoms with van der Waals surface area (Å²) in [7, 11) is 1.53. The number of nitrogen functional groups attached to an aromatic ring is 1. The summed E-state index contributed by atoms with van der Waals surface area (Å²) in [5, 5.41) is 0. The maximum Gasteiger partial charge on any atom is 0.198 e. The zero-order valence-electron chi connectivity index (χ0n) is 11.2. The van der Waals surface area contributed by atoms with Crippen molar-refractivity contribution in [2.45, 2.75) is 13.2 Å². The van der Waals surface area contributed by atoms with E-state index in [0.29, 0.717) is 35.8 Å². The van der Waals surface area contributed by atoms with Gasteiger partial charge in [-0.05, 0) is 29.3 Å². The summed E-state index contributed by atoms with van der Waals surface area (Å²) in [6.07, 6.45) is 0. The third-order valence-corrected chi connectivity index (χ3v) is 3.49. The van der Waals surface area contributed by atoms with E-state index < -0.39 is 0 Å². The highest BCUT2D eigenvalue weighted by molar-refractivity contribution is 6.14. The van der Waals surface area contributed by atoms with Crippen molar-refractivity contribution in [3.63, 3.8) is 0 Å². The number of fused-ring (bicyclic) bond motifs is 1. The molecule has 20 heavy (non-hydrogen) atoms. The maximum atomic E-state index is 12.6. The lowest BCUT2D eigenvalue weighted by Gasteiger charge is -2.11. The van der Waals surface area contributed by atoms with Crippen LogP contribution in [-0.2, 0) is 18.0 Å². The molecule has 0 saturated carbocycles. The molecule has 102 valence electrons. The topological polar surface area (TPSA) is 61.5 Å². The van der Waals surface area contributed by atoms with Gasteiger partial charge in [0, 0.05) is 11.3 Å². The second-order valence-corrected chi connectivity index (χ2v) is 4.73. The summed E-state index contributed by atoms with van der Waals surface area (Å²) in [5.41, 5.74) is 9.55. The molecule has 0 aromatic heterocycles. The van der Waals surface area contributed by atoms with Crippen LogP contribution in [0.4, 0.5) is 5.69 Å². The van der Waals surface area contributed by atoms with E-state index in [-0.39, 0.29) is 5.78 Å². The fraction of sp³-hybridized carbons (Fsp3) is 0.188. The smallest absolute Gasteiger partial charge is 0.198 e. The van der Waals surface area contributed by atoms with Crippen LogP contribution in [0.1, 0.15) is 27.0 Å². The molecule has 2 N–H and O–H groups in total. The Morgan fingerprint density at radius 1 is 1.20 bits per heavy atom. The number of hydrogen-bond donors (Lipinski definition) is 1. The Balaban J connectivity index is 2.05. The molecule has 0 saturated heterocycles. The standard InChI is InChI=1S/C16H15NO3/c1-19-14-4-2-3-13(17)15(14)16(18)10-5-6-11-8-20-9-12(11)7-10/h2-7H,8-9,17H2,1H3. The van der Waals surface area contributed by atoms with E-state index in [1.165, 1.54) is 7.11 Å². The quantitative estimate of drug-likeness (QED) is 0.687. The van der Waals surface area contributed by atoms with E-state index in [0.717, 1.165) is 11.1 Å². The first-order chi connectivity index (χ1) is 9.70. The summed E-state index contributed by atoms with van der Waals surface area (Å²) >= 11 is 0. The Labute approximate surface area is 117 Å². The van der Waals surface area contributed by atoms with Gasteiger partial charge in [0.2, 0.25) is 0 Å². The Kier molecular flexibility index (Phi) is 3.16. The van der Waals surface area contributed by atoms with E-state index in [1.54, 1.807) is 18.2 Å². The number of hydrogen-bond acceptors (Lipinski definition) is 4. The van der Waals surface area contributed by atoms with Crippen LogP contribution in [0.15, 0.2) is 36.4 Å². The highest BCUT2D eigenvalue weighted by Crippen LogP contribution is 2.28. The fourth-order valence-electron chi connectivity index (χ4n) is 2.42. The number of anilines is 1. The van der Waals surface area contributed by atoms with E-state index >= 15 is 0 Å². The molecule has 0 atom stereocenters. The zero-order valence-corrected chi connectivity index (χ0v) is 11.2. The average Bonchev–Trinajstić information content (AvgIpc) is 2.93. The lowest BCUT2D eigenvalue weighted by molar-refractivity contribution is 0.103. The van der Waals surface area contributed by atoms with Crippen LogP contribution in [0.25, 0.3) is 0 Å². The van der Waals surface area contributed by atoms with Gasteiger partial charge in [0.15, 0.2) is 5.78 Å². The molecule has 4 heteroatoms. The number of benzene rings is 2. The van der Waals surface area contributed by atoms with E-state index in [1.807, 2.05) is 18.2 Å². The van der Waals surface area contributed by atoms with Gasteiger partial charge in [-0.3, -0.25) is 4.79 Å². The molecule has 1 aliphatic rings. The van der Waals surface area contributed by atoms with Gasteiger partial charge >= 0.3 is 0 Å². The second kappa shape index (κ2) is 4.98. The van der Waals surface area contributed by atoms with Crippen molar-refractivity contribution in [2.75, 3.05) is 12.8 Å². The monoisotopic (exact) mass is 269 g/mol. The minimum atomic E-state index is -0.130. The number of carbonyl (C=O) groups is 1. The molecule has 1 heterocycles. The molecule has 1 aliphatic heterocycles. The minimum absolute atomic E-state index is 0.130. The predicted molar refractivity (Wildman–Crippen MR) is 75.8 cm³/mol. The van der Waals surface area contributed by atoms with Gasteiger partial charge in [0.25, 0.3) is 0 Å². The van der Waals surface area contributed by atoms with Crippen LogP contribution < -0.4 is 10.5 Å². The van der Waals surface area contributed by atoms with Crippen molar-refractivity contribution in [1.29, 1.82) is 0 Å². The number of ether oxygens (including phenoxy) is 2. The van der Waals surface area contributed by atoms with Crippen molar-refractivity contribution in [2.24, 2.45) is 0 Å². The van der Waals surface area contributed by atoms with Crippen LogP contribution in [0.2, 0.25) is 0 Å². The largest absolute Gasteiger partial charge is 0.496 e. The van der Waals surface area contributed by atoms with E-state index in [9.17, 15) is 4.79 Å². The van der Waals surface area contributed by atoms with Gasteiger partial charge in [0.1, 0.15) is 5.75 Å². The normalized spacial score (nSPS) is 13.1. The van der Waals surface area contributed by atoms with Gasteiger partial charge < -0.3 is 15.2 Å². The van der Waals surface area contributed by atoms with Gasteiger partial charge in [-0.25, -0.2) is 0 Å². The highest BCUT2D eigenvalue weighted by Gasteiger charge is 2.20. The van der Waals surface area contributed by atoms with Gasteiger partial charge in [0.05, 0.1) is 25.9 Å². The van der Waals surface area contributed by atoms with Crippen LogP contribution in [0, 0.1) is 0 Å². The molecule has 0 unspecified atom stereocenters. The fourth-order valence-corrected chi connectivity index (χ4v) is 2.42. The second-order valence-electron chi connectivity index (χ2n) is 4.73. The first kappa shape index (κ1) is 12.7. The molecule has 0 aliphatic carbocycles. The number of methoxy groups -OCH3 is 1. The SMILES string of the molecule is COc1cccc(N)c1C(=O)c1ccc2c(c1)COC2. The number of carbonyl (C=O) groups excluding carboxylic acids is 1. The highest BCUT2D eigenvalue weighted by atomic mass is 16.5. The summed E-state index contributed by atoms with van der Waals surface area (Å²) in [5.74, 6) is 0.362. The van der Waals surface area contributed by atoms with Crippen LogP contribution in [-0.4, -0.2) is 12.9 Å². The molecule has 0 spiro atoms. The molecular formula is C16H15NO3. The Morgan fingerprint density at radius 3 is 2.80 bits per heavy atom. The predicted octanol–water partition coefficient (Wildman–Crippen LogP) is 2.54. The molecule has 0 bridgehead atoms. The summed E-state index contributed by atoms with van der Waals surface area (Å²) < 4.78 is 10.6. The molecule has 0 fully saturated rings. The number of ketones is 1. The van der Waals surface area contributed by atoms with Gasteiger partial charge in [-0.15, -0.1) is 0 Å². The molecule has 2 aromatic carbocycles. The Morgan fingerprint density at radius 2 is 2.00 bits per heavy atom. The first-order valence-electron chi connectivity index (χ1n) is 6.37.